The maximum absolute atomic E-state index is 10.1. The molecule has 0 heterocycles. The Hall–Kier alpha value is -2.62. The molecule has 0 saturated heterocycles. The number of aromatic hydroxyl groups is 2. The lowest BCUT2D eigenvalue weighted by Gasteiger charge is -2.24. The number of phenolic OH excluding ortho intramolecular Hbond substituents is 2. The van der Waals surface area contributed by atoms with E-state index in [1.54, 1.807) is 36.4 Å². The Kier molecular flexibility index (Phi) is 5.74. The predicted octanol–water partition coefficient (Wildman–Crippen LogP) is 4.82. The number of para-hydroxylation sites is 2. The Morgan fingerprint density at radius 1 is 0.750 bits per heavy atom. The zero-order valence-corrected chi connectivity index (χ0v) is 14.1. The largest absolute Gasteiger partial charge is 0.508 e. The van der Waals surface area contributed by atoms with E-state index in [-0.39, 0.29) is 34.8 Å². The number of hydrogen-bond donors (Lipinski definition) is 4. The summed E-state index contributed by atoms with van der Waals surface area (Å²) in [6, 6.07) is 14.0. The van der Waals surface area contributed by atoms with Crippen LogP contribution >= 0.6 is 0 Å². The van der Waals surface area contributed by atoms with Gasteiger partial charge in [-0.2, -0.15) is 0 Å². The van der Waals surface area contributed by atoms with E-state index in [1.807, 2.05) is 26.0 Å². The Morgan fingerprint density at radius 3 is 1.38 bits per heavy atom. The van der Waals surface area contributed by atoms with Gasteiger partial charge in [0.05, 0.1) is 11.4 Å². The second-order valence-electron chi connectivity index (χ2n) is 5.87. The zero-order chi connectivity index (χ0) is 17.7. The van der Waals surface area contributed by atoms with Crippen molar-refractivity contribution < 1.29 is 10.2 Å². The fourth-order valence-corrected chi connectivity index (χ4v) is 3.10. The molecule has 2 aromatic carbocycles. The molecule has 4 N–H and O–H groups in total. The topological polar surface area (TPSA) is 88.2 Å². The molecular formula is C20H24N2O2. The van der Waals surface area contributed by atoms with Crippen LogP contribution in [0.1, 0.15) is 49.7 Å². The average molecular weight is 324 g/mol. The SMILES string of the molecule is CCC(C(=N)C(=N)C(CC)c1ccccc1O)c1ccccc1O. The van der Waals surface area contributed by atoms with Crippen molar-refractivity contribution in [2.24, 2.45) is 0 Å². The van der Waals surface area contributed by atoms with Gasteiger partial charge in [0.25, 0.3) is 0 Å². The molecule has 0 aliphatic carbocycles. The highest BCUT2D eigenvalue weighted by Crippen LogP contribution is 2.34. The minimum Gasteiger partial charge on any atom is -0.508 e. The molecule has 126 valence electrons. The Bertz CT molecular complexity index is 676. The molecule has 0 fully saturated rings. The molecule has 24 heavy (non-hydrogen) atoms. The Balaban J connectivity index is 2.34. The standard InChI is InChI=1S/C20H24N2O2/c1-3-13(15-9-5-7-11-17(15)23)19(21)20(22)14(4-2)16-10-6-8-12-18(16)24/h5-14,21-24H,3-4H2,1-2H3. The third-order valence-electron chi connectivity index (χ3n) is 4.43. The normalized spacial score (nSPS) is 13.2. The molecule has 2 unspecified atom stereocenters. The van der Waals surface area contributed by atoms with E-state index in [9.17, 15) is 10.2 Å². The van der Waals surface area contributed by atoms with E-state index in [0.29, 0.717) is 24.0 Å². The summed E-state index contributed by atoms with van der Waals surface area (Å²) in [7, 11) is 0. The molecule has 2 rings (SSSR count). The van der Waals surface area contributed by atoms with Crippen molar-refractivity contribution in [3.63, 3.8) is 0 Å². The average Bonchev–Trinajstić information content (AvgIpc) is 2.59. The van der Waals surface area contributed by atoms with Crippen molar-refractivity contribution in [2.45, 2.75) is 38.5 Å². The van der Waals surface area contributed by atoms with E-state index in [0.717, 1.165) is 0 Å². The van der Waals surface area contributed by atoms with Crippen molar-refractivity contribution in [1.29, 1.82) is 10.8 Å². The number of nitrogens with one attached hydrogen (secondary N) is 2. The fourth-order valence-electron chi connectivity index (χ4n) is 3.10. The van der Waals surface area contributed by atoms with Crippen molar-refractivity contribution in [3.8, 4) is 11.5 Å². The number of benzene rings is 2. The number of hydrogen-bond acceptors (Lipinski definition) is 4. The van der Waals surface area contributed by atoms with E-state index < -0.39 is 0 Å². The smallest absolute Gasteiger partial charge is 0.119 e. The Morgan fingerprint density at radius 2 is 1.08 bits per heavy atom. The second-order valence-corrected chi connectivity index (χ2v) is 5.87. The quantitative estimate of drug-likeness (QED) is 0.550. The van der Waals surface area contributed by atoms with Crippen molar-refractivity contribution in [2.75, 3.05) is 0 Å². The monoisotopic (exact) mass is 324 g/mol. The third kappa shape index (κ3) is 3.48. The second kappa shape index (κ2) is 7.77. The van der Waals surface area contributed by atoms with Crippen LogP contribution in [-0.2, 0) is 0 Å². The van der Waals surface area contributed by atoms with Gasteiger partial charge in [0.1, 0.15) is 11.5 Å². The zero-order valence-electron chi connectivity index (χ0n) is 14.1. The molecule has 0 saturated carbocycles. The summed E-state index contributed by atoms with van der Waals surface area (Å²) >= 11 is 0. The molecule has 0 spiro atoms. The third-order valence-corrected chi connectivity index (χ3v) is 4.43. The lowest BCUT2D eigenvalue weighted by molar-refractivity contribution is 0.464. The van der Waals surface area contributed by atoms with Crippen molar-refractivity contribution in [3.05, 3.63) is 59.7 Å². The summed E-state index contributed by atoms with van der Waals surface area (Å²) in [6.07, 6.45) is 1.24. The van der Waals surface area contributed by atoms with Gasteiger partial charge in [-0.15, -0.1) is 0 Å². The van der Waals surface area contributed by atoms with E-state index >= 15 is 0 Å². The van der Waals surface area contributed by atoms with Crippen LogP contribution in [0.3, 0.4) is 0 Å². The van der Waals surface area contributed by atoms with Crippen LogP contribution in [-0.4, -0.2) is 21.6 Å². The lowest BCUT2D eigenvalue weighted by Crippen LogP contribution is -2.26. The van der Waals surface area contributed by atoms with Crippen LogP contribution in [0.25, 0.3) is 0 Å². The summed E-state index contributed by atoms with van der Waals surface area (Å²) in [5.74, 6) is -0.368. The van der Waals surface area contributed by atoms with Crippen LogP contribution in [0.5, 0.6) is 11.5 Å². The van der Waals surface area contributed by atoms with Gasteiger partial charge in [-0.05, 0) is 25.0 Å². The molecule has 0 radical (unpaired) electrons. The Labute approximate surface area is 142 Å². The molecule has 0 aliphatic heterocycles. The fraction of sp³-hybridized carbons (Fsp3) is 0.300. The van der Waals surface area contributed by atoms with Gasteiger partial charge < -0.3 is 21.0 Å². The van der Waals surface area contributed by atoms with Gasteiger partial charge in [0.2, 0.25) is 0 Å². The van der Waals surface area contributed by atoms with Gasteiger partial charge >= 0.3 is 0 Å². The summed E-state index contributed by atoms with van der Waals surface area (Å²) in [4.78, 5) is 0. The predicted molar refractivity (Wildman–Crippen MR) is 97.7 cm³/mol. The first-order valence-corrected chi connectivity index (χ1v) is 8.24. The van der Waals surface area contributed by atoms with Gasteiger partial charge in [-0.3, -0.25) is 0 Å². The first-order chi connectivity index (χ1) is 11.5. The highest BCUT2D eigenvalue weighted by molar-refractivity contribution is 6.43. The maximum atomic E-state index is 10.1. The molecule has 0 amide bonds. The molecule has 0 aromatic heterocycles. The molecule has 0 aliphatic rings. The molecule has 2 atom stereocenters. The van der Waals surface area contributed by atoms with Gasteiger partial charge in [0, 0.05) is 23.0 Å². The molecule has 0 bridgehead atoms. The maximum Gasteiger partial charge on any atom is 0.119 e. The van der Waals surface area contributed by atoms with Crippen LogP contribution in [0.4, 0.5) is 0 Å². The number of phenols is 2. The van der Waals surface area contributed by atoms with E-state index in [4.69, 9.17) is 10.8 Å². The lowest BCUT2D eigenvalue weighted by atomic mass is 9.81. The summed E-state index contributed by atoms with van der Waals surface area (Å²) in [6.45, 7) is 3.89. The molecule has 2 aromatic rings. The van der Waals surface area contributed by atoms with Crippen LogP contribution in [0.15, 0.2) is 48.5 Å². The van der Waals surface area contributed by atoms with Gasteiger partial charge in [-0.1, -0.05) is 50.2 Å². The van der Waals surface area contributed by atoms with Crippen LogP contribution < -0.4 is 0 Å². The summed E-state index contributed by atoms with van der Waals surface area (Å²) < 4.78 is 0. The minimum atomic E-state index is -0.335. The highest BCUT2D eigenvalue weighted by atomic mass is 16.3. The van der Waals surface area contributed by atoms with E-state index in [2.05, 4.69) is 0 Å². The first kappa shape index (κ1) is 17.7. The molecular weight excluding hydrogens is 300 g/mol. The highest BCUT2D eigenvalue weighted by Gasteiger charge is 2.27. The van der Waals surface area contributed by atoms with Crippen molar-refractivity contribution in [1.82, 2.24) is 0 Å². The van der Waals surface area contributed by atoms with Crippen molar-refractivity contribution >= 4 is 11.4 Å². The summed E-state index contributed by atoms with van der Waals surface area (Å²) in [5.41, 5.74) is 1.71. The van der Waals surface area contributed by atoms with Crippen LogP contribution in [0.2, 0.25) is 0 Å². The number of rotatable bonds is 7. The molecule has 4 nitrogen and oxygen atoms in total. The van der Waals surface area contributed by atoms with Gasteiger partial charge in [-0.25, -0.2) is 0 Å². The van der Waals surface area contributed by atoms with Gasteiger partial charge in [0.15, 0.2) is 0 Å². The van der Waals surface area contributed by atoms with E-state index in [1.165, 1.54) is 0 Å². The minimum absolute atomic E-state index is 0.150. The first-order valence-electron chi connectivity index (χ1n) is 8.24. The molecule has 4 heteroatoms. The summed E-state index contributed by atoms with van der Waals surface area (Å²) in [5, 5.41) is 37.2. The van der Waals surface area contributed by atoms with Crippen LogP contribution in [0, 0.1) is 10.8 Å².